The van der Waals surface area contributed by atoms with Crippen molar-refractivity contribution in [2.45, 2.75) is 12.8 Å². The molecule has 138 valence electrons. The summed E-state index contributed by atoms with van der Waals surface area (Å²) in [7, 11) is 0. The number of hydrazine groups is 1. The fourth-order valence-electron chi connectivity index (χ4n) is 3.37. The lowest BCUT2D eigenvalue weighted by Gasteiger charge is -2.31. The number of amides is 2. The highest BCUT2D eigenvalue weighted by Crippen LogP contribution is 2.21. The molecule has 3 heterocycles. The maximum Gasteiger partial charge on any atom is 0.271 e. The van der Waals surface area contributed by atoms with Crippen LogP contribution in [0.15, 0.2) is 49.1 Å². The van der Waals surface area contributed by atoms with Crippen molar-refractivity contribution in [2.24, 2.45) is 5.92 Å². The van der Waals surface area contributed by atoms with Crippen molar-refractivity contribution >= 4 is 28.5 Å². The average Bonchev–Trinajstić information content (AvgIpc) is 3.17. The standard InChI is InChI=1S/C19H20N6O2/c26-18(13-5-9-25(10-6-13)17-12-20-7-8-21-17)23-24-19(27)15-11-22-16-4-2-1-3-14(15)16/h1-4,7-8,11-13,22H,5-6,9-10H2,(H,23,26)(H,24,27). The molecular weight excluding hydrogens is 344 g/mol. The van der Waals surface area contributed by atoms with Crippen molar-refractivity contribution in [1.29, 1.82) is 0 Å². The van der Waals surface area contributed by atoms with Gasteiger partial charge in [0.1, 0.15) is 5.82 Å². The van der Waals surface area contributed by atoms with Gasteiger partial charge in [-0.3, -0.25) is 25.4 Å². The van der Waals surface area contributed by atoms with Crippen LogP contribution < -0.4 is 15.8 Å². The van der Waals surface area contributed by atoms with Crippen LogP contribution in [-0.2, 0) is 4.79 Å². The van der Waals surface area contributed by atoms with E-state index < -0.39 is 0 Å². The molecule has 0 saturated carbocycles. The van der Waals surface area contributed by atoms with E-state index in [0.29, 0.717) is 18.4 Å². The van der Waals surface area contributed by atoms with Gasteiger partial charge in [-0.25, -0.2) is 4.98 Å². The third-order valence-electron chi connectivity index (χ3n) is 4.87. The molecule has 0 unspecified atom stereocenters. The highest BCUT2D eigenvalue weighted by atomic mass is 16.2. The first-order chi connectivity index (χ1) is 13.2. The molecule has 2 aromatic heterocycles. The summed E-state index contributed by atoms with van der Waals surface area (Å²) in [6.45, 7) is 1.46. The number of para-hydroxylation sites is 1. The molecule has 1 saturated heterocycles. The van der Waals surface area contributed by atoms with Crippen molar-refractivity contribution in [3.05, 3.63) is 54.6 Å². The number of carbonyl (C=O) groups is 2. The SMILES string of the molecule is O=C(NNC(=O)C1CCN(c2cnccn2)CC1)c1c[nH]c2ccccc12. The quantitative estimate of drug-likeness (QED) is 0.613. The number of H-pyrrole nitrogens is 1. The number of rotatable bonds is 3. The van der Waals surface area contributed by atoms with E-state index in [0.717, 1.165) is 29.8 Å². The van der Waals surface area contributed by atoms with Crippen molar-refractivity contribution in [3.8, 4) is 0 Å². The number of hydrogen-bond donors (Lipinski definition) is 3. The lowest BCUT2D eigenvalue weighted by molar-refractivity contribution is -0.126. The van der Waals surface area contributed by atoms with Gasteiger partial charge in [-0.2, -0.15) is 0 Å². The largest absolute Gasteiger partial charge is 0.360 e. The van der Waals surface area contributed by atoms with Crippen LogP contribution in [0.25, 0.3) is 10.9 Å². The summed E-state index contributed by atoms with van der Waals surface area (Å²) in [6.07, 6.45) is 8.07. The Morgan fingerprint density at radius 1 is 1.11 bits per heavy atom. The molecule has 3 N–H and O–H groups in total. The van der Waals surface area contributed by atoms with Crippen molar-refractivity contribution in [3.63, 3.8) is 0 Å². The number of hydrogen-bond acceptors (Lipinski definition) is 5. The summed E-state index contributed by atoms with van der Waals surface area (Å²) in [4.78, 5) is 38.3. The predicted octanol–water partition coefficient (Wildman–Crippen LogP) is 1.64. The Morgan fingerprint density at radius 2 is 1.93 bits per heavy atom. The van der Waals surface area contributed by atoms with Crippen LogP contribution in [0, 0.1) is 5.92 Å². The van der Waals surface area contributed by atoms with Crippen LogP contribution in [0.2, 0.25) is 0 Å². The number of aromatic amines is 1. The fraction of sp³-hybridized carbons (Fsp3) is 0.263. The molecule has 2 amide bonds. The summed E-state index contributed by atoms with van der Waals surface area (Å²) in [5, 5.41) is 0.821. The topological polar surface area (TPSA) is 103 Å². The number of aromatic nitrogens is 3. The zero-order chi connectivity index (χ0) is 18.6. The minimum atomic E-state index is -0.335. The minimum Gasteiger partial charge on any atom is -0.360 e. The van der Waals surface area contributed by atoms with Crippen molar-refractivity contribution < 1.29 is 9.59 Å². The number of anilines is 1. The molecule has 1 aromatic carbocycles. The van der Waals surface area contributed by atoms with E-state index in [-0.39, 0.29) is 17.7 Å². The Labute approximate surface area is 156 Å². The Morgan fingerprint density at radius 3 is 2.70 bits per heavy atom. The van der Waals surface area contributed by atoms with Crippen molar-refractivity contribution in [2.75, 3.05) is 18.0 Å². The van der Waals surface area contributed by atoms with E-state index in [9.17, 15) is 9.59 Å². The molecule has 0 atom stereocenters. The molecule has 0 radical (unpaired) electrons. The number of nitrogens with zero attached hydrogens (tertiary/aromatic N) is 3. The minimum absolute atomic E-state index is 0.138. The maximum atomic E-state index is 12.4. The van der Waals surface area contributed by atoms with Crippen LogP contribution in [0.1, 0.15) is 23.2 Å². The van der Waals surface area contributed by atoms with Gasteiger partial charge in [0, 0.05) is 48.5 Å². The van der Waals surface area contributed by atoms with E-state index in [1.165, 1.54) is 0 Å². The van der Waals surface area contributed by atoms with Crippen LogP contribution in [-0.4, -0.2) is 39.9 Å². The zero-order valence-electron chi connectivity index (χ0n) is 14.7. The van der Waals surface area contributed by atoms with Gasteiger partial charge in [-0.1, -0.05) is 18.2 Å². The molecule has 1 fully saturated rings. The summed E-state index contributed by atoms with van der Waals surface area (Å²) in [5.74, 6) is 0.185. The van der Waals surface area contributed by atoms with Crippen LogP contribution in [0.4, 0.5) is 5.82 Å². The summed E-state index contributed by atoms with van der Waals surface area (Å²) < 4.78 is 0. The van der Waals surface area contributed by atoms with Gasteiger partial charge in [-0.05, 0) is 18.9 Å². The molecule has 0 bridgehead atoms. The van der Waals surface area contributed by atoms with E-state index in [2.05, 4.69) is 30.7 Å². The molecule has 3 aromatic rings. The zero-order valence-corrected chi connectivity index (χ0v) is 14.7. The van der Waals surface area contributed by atoms with E-state index >= 15 is 0 Å². The maximum absolute atomic E-state index is 12.4. The van der Waals surface area contributed by atoms with Gasteiger partial charge >= 0.3 is 0 Å². The fourth-order valence-corrected chi connectivity index (χ4v) is 3.37. The van der Waals surface area contributed by atoms with E-state index in [1.807, 2.05) is 24.3 Å². The third kappa shape index (κ3) is 3.59. The number of carbonyl (C=O) groups excluding carboxylic acids is 2. The van der Waals surface area contributed by atoms with Gasteiger partial charge in [0.2, 0.25) is 5.91 Å². The second kappa shape index (κ2) is 7.45. The molecule has 8 nitrogen and oxygen atoms in total. The molecule has 27 heavy (non-hydrogen) atoms. The number of piperidine rings is 1. The van der Waals surface area contributed by atoms with Crippen LogP contribution >= 0.6 is 0 Å². The molecule has 4 rings (SSSR count). The van der Waals surface area contributed by atoms with Gasteiger partial charge in [0.05, 0.1) is 11.8 Å². The third-order valence-corrected chi connectivity index (χ3v) is 4.87. The highest BCUT2D eigenvalue weighted by Gasteiger charge is 2.26. The molecule has 8 heteroatoms. The summed E-state index contributed by atoms with van der Waals surface area (Å²) >= 11 is 0. The Bertz CT molecular complexity index is 947. The second-order valence-corrected chi connectivity index (χ2v) is 6.52. The van der Waals surface area contributed by atoms with Gasteiger partial charge in [0.25, 0.3) is 5.91 Å². The average molecular weight is 364 g/mol. The molecular formula is C19H20N6O2. The van der Waals surface area contributed by atoms with Crippen LogP contribution in [0.5, 0.6) is 0 Å². The van der Waals surface area contributed by atoms with Gasteiger partial charge < -0.3 is 9.88 Å². The Hall–Kier alpha value is -3.42. The molecule has 1 aliphatic heterocycles. The molecule has 0 aliphatic carbocycles. The lowest BCUT2D eigenvalue weighted by atomic mass is 9.96. The van der Waals surface area contributed by atoms with Gasteiger partial charge in [0.15, 0.2) is 0 Å². The first-order valence-electron chi connectivity index (χ1n) is 8.89. The highest BCUT2D eigenvalue weighted by molar-refractivity contribution is 6.07. The first kappa shape index (κ1) is 17.0. The smallest absolute Gasteiger partial charge is 0.271 e. The summed E-state index contributed by atoms with van der Waals surface area (Å²) in [5.41, 5.74) is 6.47. The predicted molar refractivity (Wildman–Crippen MR) is 101 cm³/mol. The molecule has 0 spiro atoms. The normalized spacial score (nSPS) is 14.9. The van der Waals surface area contributed by atoms with E-state index in [1.54, 1.807) is 24.8 Å². The van der Waals surface area contributed by atoms with Gasteiger partial charge in [-0.15, -0.1) is 0 Å². The first-order valence-corrected chi connectivity index (χ1v) is 8.89. The van der Waals surface area contributed by atoms with Crippen molar-refractivity contribution in [1.82, 2.24) is 25.8 Å². The second-order valence-electron chi connectivity index (χ2n) is 6.52. The number of fused-ring (bicyclic) bond motifs is 1. The monoisotopic (exact) mass is 364 g/mol. The van der Waals surface area contributed by atoms with Crippen LogP contribution in [0.3, 0.4) is 0 Å². The summed E-state index contributed by atoms with van der Waals surface area (Å²) in [6, 6.07) is 7.53. The Kier molecular flexibility index (Phi) is 4.69. The molecule has 1 aliphatic rings. The number of benzene rings is 1. The lowest BCUT2D eigenvalue weighted by Crippen LogP contribution is -2.47. The Balaban J connectivity index is 1.30. The number of nitrogens with one attached hydrogen (secondary N) is 3. The van der Waals surface area contributed by atoms with E-state index in [4.69, 9.17) is 0 Å².